The van der Waals surface area contributed by atoms with Crippen LogP contribution in [0.1, 0.15) is 25.7 Å². The number of amides is 1. The molecular formula is C11H20N2O3S. The first-order valence-corrected chi connectivity index (χ1v) is 8.08. The average molecular weight is 260 g/mol. The van der Waals surface area contributed by atoms with Gasteiger partial charge in [-0.3, -0.25) is 4.79 Å². The third kappa shape index (κ3) is 4.63. The highest BCUT2D eigenvalue weighted by molar-refractivity contribution is 7.91. The van der Waals surface area contributed by atoms with Gasteiger partial charge >= 0.3 is 0 Å². The van der Waals surface area contributed by atoms with E-state index >= 15 is 0 Å². The summed E-state index contributed by atoms with van der Waals surface area (Å²) in [6.45, 7) is 1.27. The van der Waals surface area contributed by atoms with Gasteiger partial charge < -0.3 is 10.6 Å². The van der Waals surface area contributed by atoms with Crippen molar-refractivity contribution >= 4 is 15.7 Å². The molecule has 0 radical (unpaired) electrons. The summed E-state index contributed by atoms with van der Waals surface area (Å²) in [5.74, 6) is 1.15. The molecule has 0 unspecified atom stereocenters. The molecule has 1 aliphatic heterocycles. The maximum atomic E-state index is 11.6. The third-order valence-corrected chi connectivity index (χ3v) is 5.05. The van der Waals surface area contributed by atoms with Gasteiger partial charge in [0.25, 0.3) is 0 Å². The fourth-order valence-electron chi connectivity index (χ4n) is 2.02. The van der Waals surface area contributed by atoms with Crippen LogP contribution in [0.3, 0.4) is 0 Å². The van der Waals surface area contributed by atoms with Crippen molar-refractivity contribution in [2.45, 2.75) is 31.7 Å². The van der Waals surface area contributed by atoms with Crippen molar-refractivity contribution in [3.05, 3.63) is 0 Å². The Hall–Kier alpha value is -0.620. The standard InChI is InChI=1S/C11H20N2O3S/c14-11(8-12-7-9-1-2-9)13-10-3-5-17(15,16)6-4-10/h9-10,12H,1-8H2,(H,13,14). The van der Waals surface area contributed by atoms with Crippen LogP contribution >= 0.6 is 0 Å². The monoisotopic (exact) mass is 260 g/mol. The van der Waals surface area contributed by atoms with E-state index in [0.29, 0.717) is 19.4 Å². The van der Waals surface area contributed by atoms with Gasteiger partial charge in [-0.2, -0.15) is 0 Å². The lowest BCUT2D eigenvalue weighted by molar-refractivity contribution is -0.121. The van der Waals surface area contributed by atoms with Crippen molar-refractivity contribution < 1.29 is 13.2 Å². The van der Waals surface area contributed by atoms with Gasteiger partial charge in [0.15, 0.2) is 0 Å². The van der Waals surface area contributed by atoms with E-state index in [9.17, 15) is 13.2 Å². The predicted molar refractivity (Wildman–Crippen MR) is 65.4 cm³/mol. The number of hydrogen-bond acceptors (Lipinski definition) is 4. The molecule has 1 aliphatic carbocycles. The number of carbonyl (C=O) groups is 1. The Labute approximate surface area is 102 Å². The van der Waals surface area contributed by atoms with Crippen molar-refractivity contribution in [2.75, 3.05) is 24.6 Å². The maximum Gasteiger partial charge on any atom is 0.234 e. The highest BCUT2D eigenvalue weighted by Gasteiger charge is 2.25. The van der Waals surface area contributed by atoms with Gasteiger partial charge in [0.05, 0.1) is 18.1 Å². The number of carbonyl (C=O) groups excluding carboxylic acids is 1. The summed E-state index contributed by atoms with van der Waals surface area (Å²) in [5.41, 5.74) is 0. The molecule has 0 bridgehead atoms. The van der Waals surface area contributed by atoms with Gasteiger partial charge in [-0.05, 0) is 38.1 Å². The van der Waals surface area contributed by atoms with Crippen molar-refractivity contribution in [3.63, 3.8) is 0 Å². The molecule has 2 N–H and O–H groups in total. The Kier molecular flexibility index (Phi) is 4.04. The van der Waals surface area contributed by atoms with Crippen LogP contribution in [0.2, 0.25) is 0 Å². The van der Waals surface area contributed by atoms with Crippen molar-refractivity contribution in [1.82, 2.24) is 10.6 Å². The van der Waals surface area contributed by atoms with Crippen LogP contribution in [0.4, 0.5) is 0 Å². The first kappa shape index (κ1) is 12.8. The molecule has 2 aliphatic rings. The van der Waals surface area contributed by atoms with Crippen LogP contribution in [0.25, 0.3) is 0 Å². The van der Waals surface area contributed by atoms with Gasteiger partial charge in [0, 0.05) is 6.04 Å². The molecule has 1 amide bonds. The van der Waals surface area contributed by atoms with Gasteiger partial charge in [0.2, 0.25) is 5.91 Å². The summed E-state index contributed by atoms with van der Waals surface area (Å²) in [6, 6.07) is 0.0359. The van der Waals surface area contributed by atoms with Gasteiger partial charge in [0.1, 0.15) is 9.84 Å². The summed E-state index contributed by atoms with van der Waals surface area (Å²) >= 11 is 0. The largest absolute Gasteiger partial charge is 0.352 e. The zero-order valence-corrected chi connectivity index (χ0v) is 10.8. The highest BCUT2D eigenvalue weighted by Crippen LogP contribution is 2.27. The zero-order chi connectivity index (χ0) is 12.3. The van der Waals surface area contributed by atoms with Crippen molar-refractivity contribution in [1.29, 1.82) is 0 Å². The van der Waals surface area contributed by atoms with E-state index in [-0.39, 0.29) is 23.5 Å². The topological polar surface area (TPSA) is 75.3 Å². The summed E-state index contributed by atoms with van der Waals surface area (Å²) in [4.78, 5) is 11.6. The molecule has 0 aromatic carbocycles. The second kappa shape index (κ2) is 5.35. The average Bonchev–Trinajstić information content (AvgIpc) is 3.05. The van der Waals surface area contributed by atoms with Gasteiger partial charge in [-0.1, -0.05) is 0 Å². The van der Waals surface area contributed by atoms with E-state index in [2.05, 4.69) is 10.6 Å². The van der Waals surface area contributed by atoms with Crippen LogP contribution < -0.4 is 10.6 Å². The van der Waals surface area contributed by atoms with Crippen molar-refractivity contribution in [2.24, 2.45) is 5.92 Å². The lowest BCUT2D eigenvalue weighted by atomic mass is 10.1. The molecule has 2 rings (SSSR count). The highest BCUT2D eigenvalue weighted by atomic mass is 32.2. The molecule has 17 heavy (non-hydrogen) atoms. The number of hydrogen-bond donors (Lipinski definition) is 2. The minimum absolute atomic E-state index is 0.0186. The lowest BCUT2D eigenvalue weighted by Crippen LogP contribution is -2.44. The Morgan fingerprint density at radius 3 is 2.35 bits per heavy atom. The van der Waals surface area contributed by atoms with Crippen LogP contribution in [0.15, 0.2) is 0 Å². The Morgan fingerprint density at radius 2 is 1.76 bits per heavy atom. The van der Waals surface area contributed by atoms with Crippen LogP contribution in [-0.4, -0.2) is 45.0 Å². The zero-order valence-electron chi connectivity index (χ0n) is 9.94. The molecule has 2 fully saturated rings. The molecule has 0 atom stereocenters. The molecule has 0 aromatic heterocycles. The number of nitrogens with one attached hydrogen (secondary N) is 2. The number of sulfone groups is 1. The Balaban J connectivity index is 1.61. The van der Waals surface area contributed by atoms with Crippen LogP contribution in [0.5, 0.6) is 0 Å². The molecule has 0 aromatic rings. The quantitative estimate of drug-likeness (QED) is 0.710. The van der Waals surface area contributed by atoms with E-state index in [0.717, 1.165) is 12.5 Å². The minimum Gasteiger partial charge on any atom is -0.352 e. The summed E-state index contributed by atoms with van der Waals surface area (Å²) in [7, 11) is -2.84. The third-order valence-electron chi connectivity index (χ3n) is 3.34. The van der Waals surface area contributed by atoms with Crippen LogP contribution in [0, 0.1) is 5.92 Å². The van der Waals surface area contributed by atoms with Crippen molar-refractivity contribution in [3.8, 4) is 0 Å². The molecule has 0 spiro atoms. The molecule has 5 nitrogen and oxygen atoms in total. The second-order valence-electron chi connectivity index (χ2n) is 5.07. The van der Waals surface area contributed by atoms with Crippen LogP contribution in [-0.2, 0) is 14.6 Å². The van der Waals surface area contributed by atoms with E-state index in [4.69, 9.17) is 0 Å². The van der Waals surface area contributed by atoms with E-state index < -0.39 is 9.84 Å². The molecule has 1 heterocycles. The molecule has 1 saturated heterocycles. The second-order valence-corrected chi connectivity index (χ2v) is 7.37. The molecule has 1 saturated carbocycles. The smallest absolute Gasteiger partial charge is 0.234 e. The molecule has 98 valence electrons. The molecule has 6 heteroatoms. The first-order valence-electron chi connectivity index (χ1n) is 6.26. The van der Waals surface area contributed by atoms with E-state index in [1.54, 1.807) is 0 Å². The van der Waals surface area contributed by atoms with E-state index in [1.807, 2.05) is 0 Å². The number of rotatable bonds is 5. The summed E-state index contributed by atoms with van der Waals surface area (Å²) in [6.07, 6.45) is 3.65. The predicted octanol–water partition coefficient (Wildman–Crippen LogP) is -0.321. The summed E-state index contributed by atoms with van der Waals surface area (Å²) < 4.78 is 22.4. The first-order chi connectivity index (χ1) is 8.05. The Bertz CT molecular complexity index is 362. The SMILES string of the molecule is O=C(CNCC1CC1)NC1CCS(=O)(=O)CC1. The summed E-state index contributed by atoms with van der Waals surface area (Å²) in [5, 5.41) is 6.01. The molecular weight excluding hydrogens is 240 g/mol. The Morgan fingerprint density at radius 1 is 1.12 bits per heavy atom. The fraction of sp³-hybridized carbons (Fsp3) is 0.909. The minimum atomic E-state index is -2.84. The van der Waals surface area contributed by atoms with Gasteiger partial charge in [-0.15, -0.1) is 0 Å². The normalized spacial score (nSPS) is 24.5. The lowest BCUT2D eigenvalue weighted by Gasteiger charge is -2.23. The van der Waals surface area contributed by atoms with E-state index in [1.165, 1.54) is 12.8 Å². The fourth-order valence-corrected chi connectivity index (χ4v) is 3.52. The van der Waals surface area contributed by atoms with Gasteiger partial charge in [-0.25, -0.2) is 8.42 Å². The maximum absolute atomic E-state index is 11.6.